The lowest BCUT2D eigenvalue weighted by molar-refractivity contribution is -0.384. The van der Waals surface area contributed by atoms with Crippen LogP contribution in [-0.2, 0) is 14.8 Å². The Morgan fingerprint density at radius 2 is 2.15 bits per heavy atom. The van der Waals surface area contributed by atoms with Crippen LogP contribution in [0.2, 0.25) is 0 Å². The molecule has 0 radical (unpaired) electrons. The number of anilines is 1. The summed E-state index contributed by atoms with van der Waals surface area (Å²) in [5, 5.41) is 18.9. The largest absolute Gasteiger partial charge is 0.380 e. The number of primary sulfonamides is 1. The molecule has 1 aromatic rings. The van der Waals surface area contributed by atoms with E-state index in [1.807, 2.05) is 6.92 Å². The van der Waals surface area contributed by atoms with Gasteiger partial charge in [0.25, 0.3) is 5.69 Å². The number of hydrogen-bond donors (Lipinski definition) is 2. The van der Waals surface area contributed by atoms with E-state index in [1.165, 1.54) is 12.1 Å². The lowest BCUT2D eigenvalue weighted by Crippen LogP contribution is -2.45. The second kappa shape index (κ2) is 5.00. The van der Waals surface area contributed by atoms with Crippen molar-refractivity contribution in [2.75, 3.05) is 25.1 Å². The molecular formula is C11H15N3O5S. The third-order valence-corrected chi connectivity index (χ3v) is 4.01. The fourth-order valence-corrected chi connectivity index (χ4v) is 2.38. The normalized spacial score (nSPS) is 17.3. The Morgan fingerprint density at radius 3 is 2.60 bits per heavy atom. The van der Waals surface area contributed by atoms with Crippen molar-refractivity contribution >= 4 is 21.4 Å². The van der Waals surface area contributed by atoms with Gasteiger partial charge in [0.05, 0.1) is 23.0 Å². The molecular weight excluding hydrogens is 286 g/mol. The van der Waals surface area contributed by atoms with Crippen molar-refractivity contribution in [1.29, 1.82) is 0 Å². The molecule has 1 heterocycles. The lowest BCUT2D eigenvalue weighted by atomic mass is 9.88. The Hall–Kier alpha value is -1.71. The van der Waals surface area contributed by atoms with Gasteiger partial charge < -0.3 is 10.1 Å². The monoisotopic (exact) mass is 301 g/mol. The molecule has 9 heteroatoms. The first kappa shape index (κ1) is 14.7. The zero-order chi connectivity index (χ0) is 15.0. The number of benzene rings is 1. The summed E-state index contributed by atoms with van der Waals surface area (Å²) in [6.07, 6.45) is 0. The molecule has 0 aromatic heterocycles. The van der Waals surface area contributed by atoms with Gasteiger partial charge in [0.15, 0.2) is 0 Å². The molecule has 1 fully saturated rings. The zero-order valence-electron chi connectivity index (χ0n) is 10.8. The maximum atomic E-state index is 11.2. The van der Waals surface area contributed by atoms with Crippen LogP contribution in [0.4, 0.5) is 11.4 Å². The van der Waals surface area contributed by atoms with Crippen molar-refractivity contribution in [1.82, 2.24) is 0 Å². The van der Waals surface area contributed by atoms with E-state index in [-0.39, 0.29) is 21.7 Å². The molecule has 0 aliphatic carbocycles. The number of hydrogen-bond acceptors (Lipinski definition) is 6. The van der Waals surface area contributed by atoms with Crippen LogP contribution >= 0.6 is 0 Å². The fraction of sp³-hybridized carbons (Fsp3) is 0.455. The highest BCUT2D eigenvalue weighted by Crippen LogP contribution is 2.31. The van der Waals surface area contributed by atoms with Crippen LogP contribution in [0.15, 0.2) is 23.1 Å². The van der Waals surface area contributed by atoms with Gasteiger partial charge in [-0.1, -0.05) is 6.92 Å². The third-order valence-electron chi connectivity index (χ3n) is 3.10. The maximum Gasteiger partial charge on any atom is 0.293 e. The predicted molar refractivity (Wildman–Crippen MR) is 71.9 cm³/mol. The molecule has 0 amide bonds. The lowest BCUT2D eigenvalue weighted by Gasteiger charge is -2.38. The maximum absolute atomic E-state index is 11.2. The number of nitrogens with one attached hydrogen (secondary N) is 1. The van der Waals surface area contributed by atoms with E-state index >= 15 is 0 Å². The first-order valence-corrected chi connectivity index (χ1v) is 7.39. The minimum Gasteiger partial charge on any atom is -0.380 e. The summed E-state index contributed by atoms with van der Waals surface area (Å²) in [5.41, 5.74) is -0.122. The van der Waals surface area contributed by atoms with E-state index in [9.17, 15) is 18.5 Å². The average molecular weight is 301 g/mol. The number of nitro groups is 1. The van der Waals surface area contributed by atoms with E-state index in [2.05, 4.69) is 5.32 Å². The van der Waals surface area contributed by atoms with Gasteiger partial charge in [-0.3, -0.25) is 10.1 Å². The number of rotatable bonds is 5. The fourth-order valence-electron chi connectivity index (χ4n) is 1.85. The van der Waals surface area contributed by atoms with Crippen LogP contribution in [0.25, 0.3) is 0 Å². The number of nitrogens with two attached hydrogens (primary N) is 1. The number of nitrogens with zero attached hydrogens (tertiary/aromatic N) is 1. The standard InChI is InChI=1S/C11H15N3O5S/c1-11(6-19-7-11)5-13-9-3-2-8(20(12,17)18)4-10(9)14(15)16/h2-4,13H,5-7H2,1H3,(H2,12,17,18). The highest BCUT2D eigenvalue weighted by molar-refractivity contribution is 7.89. The van der Waals surface area contributed by atoms with Crippen LogP contribution in [0.1, 0.15) is 6.92 Å². The van der Waals surface area contributed by atoms with Gasteiger partial charge in [-0.05, 0) is 12.1 Å². The summed E-state index contributed by atoms with van der Waals surface area (Å²) in [4.78, 5) is 10.1. The summed E-state index contributed by atoms with van der Waals surface area (Å²) >= 11 is 0. The second-order valence-corrected chi connectivity index (χ2v) is 6.70. The minimum atomic E-state index is -3.96. The Balaban J connectivity index is 2.26. The topological polar surface area (TPSA) is 125 Å². The molecule has 1 aliphatic rings. The van der Waals surface area contributed by atoms with Gasteiger partial charge in [-0.25, -0.2) is 13.6 Å². The molecule has 0 atom stereocenters. The van der Waals surface area contributed by atoms with Crippen molar-refractivity contribution in [3.63, 3.8) is 0 Å². The summed E-state index contributed by atoms with van der Waals surface area (Å²) in [5.74, 6) is 0. The predicted octanol–water partition coefficient (Wildman–Crippen LogP) is 0.691. The van der Waals surface area contributed by atoms with E-state index in [4.69, 9.17) is 9.88 Å². The first-order valence-electron chi connectivity index (χ1n) is 5.84. The average Bonchev–Trinajstić information content (AvgIpc) is 2.32. The van der Waals surface area contributed by atoms with Crippen molar-refractivity contribution in [3.8, 4) is 0 Å². The molecule has 2 rings (SSSR count). The van der Waals surface area contributed by atoms with Gasteiger partial charge in [-0.2, -0.15) is 0 Å². The molecule has 8 nitrogen and oxygen atoms in total. The molecule has 0 spiro atoms. The Bertz CT molecular complexity index is 639. The van der Waals surface area contributed by atoms with Gasteiger partial charge in [0.2, 0.25) is 10.0 Å². The van der Waals surface area contributed by atoms with Crippen LogP contribution in [0, 0.1) is 15.5 Å². The molecule has 1 saturated heterocycles. The quantitative estimate of drug-likeness (QED) is 0.609. The van der Waals surface area contributed by atoms with E-state index < -0.39 is 14.9 Å². The van der Waals surface area contributed by atoms with Crippen LogP contribution in [0.3, 0.4) is 0 Å². The molecule has 1 aliphatic heterocycles. The number of sulfonamides is 1. The Labute approximate surface area is 116 Å². The molecule has 1 aromatic carbocycles. The zero-order valence-corrected chi connectivity index (χ0v) is 11.6. The van der Waals surface area contributed by atoms with Crippen LogP contribution in [0.5, 0.6) is 0 Å². The second-order valence-electron chi connectivity index (χ2n) is 5.14. The molecule has 0 bridgehead atoms. The highest BCUT2D eigenvalue weighted by atomic mass is 32.2. The van der Waals surface area contributed by atoms with E-state index in [0.29, 0.717) is 19.8 Å². The van der Waals surface area contributed by atoms with E-state index in [1.54, 1.807) is 0 Å². The first-order chi connectivity index (χ1) is 9.21. The van der Waals surface area contributed by atoms with Gasteiger partial charge in [0, 0.05) is 18.0 Å². The molecule has 20 heavy (non-hydrogen) atoms. The van der Waals surface area contributed by atoms with Crippen LogP contribution < -0.4 is 10.5 Å². The van der Waals surface area contributed by atoms with E-state index in [0.717, 1.165) is 6.07 Å². The van der Waals surface area contributed by atoms with Gasteiger partial charge >= 0.3 is 0 Å². The Morgan fingerprint density at radius 1 is 1.50 bits per heavy atom. The molecule has 0 saturated carbocycles. The Kier molecular flexibility index (Phi) is 3.67. The third kappa shape index (κ3) is 3.06. The van der Waals surface area contributed by atoms with Gasteiger partial charge in [0.1, 0.15) is 5.69 Å². The van der Waals surface area contributed by atoms with Gasteiger partial charge in [-0.15, -0.1) is 0 Å². The van der Waals surface area contributed by atoms with Crippen LogP contribution in [-0.4, -0.2) is 33.1 Å². The molecule has 110 valence electrons. The number of nitro benzene ring substituents is 1. The summed E-state index contributed by atoms with van der Waals surface area (Å²) < 4.78 is 27.5. The summed E-state index contributed by atoms with van der Waals surface area (Å²) in [6, 6.07) is 3.54. The van der Waals surface area contributed by atoms with Crippen molar-refractivity contribution in [3.05, 3.63) is 28.3 Å². The molecule has 0 unspecified atom stereocenters. The smallest absolute Gasteiger partial charge is 0.293 e. The van der Waals surface area contributed by atoms with Crippen molar-refractivity contribution in [2.45, 2.75) is 11.8 Å². The summed E-state index contributed by atoms with van der Waals surface area (Å²) in [6.45, 7) is 3.67. The summed E-state index contributed by atoms with van der Waals surface area (Å²) in [7, 11) is -3.96. The van der Waals surface area contributed by atoms with Crippen molar-refractivity contribution < 1.29 is 18.1 Å². The highest BCUT2D eigenvalue weighted by Gasteiger charge is 2.33. The molecule has 3 N–H and O–H groups in total. The van der Waals surface area contributed by atoms with Crippen molar-refractivity contribution in [2.24, 2.45) is 10.6 Å². The SMILES string of the molecule is CC1(CNc2ccc(S(N)(=O)=O)cc2[N+](=O)[O-])COC1. The minimum absolute atomic E-state index is 0.0630. The number of ether oxygens (including phenoxy) is 1.